The molecule has 2 rings (SSSR count). The van der Waals surface area contributed by atoms with Gasteiger partial charge in [0.2, 0.25) is 11.8 Å². The van der Waals surface area contributed by atoms with Crippen LogP contribution in [-0.4, -0.2) is 53.4 Å². The summed E-state index contributed by atoms with van der Waals surface area (Å²) in [6, 6.07) is 0.111. The lowest BCUT2D eigenvalue weighted by Gasteiger charge is -2.39. The highest BCUT2D eigenvalue weighted by Crippen LogP contribution is 2.23. The second-order valence-electron chi connectivity index (χ2n) is 5.10. The third-order valence-electron chi connectivity index (χ3n) is 3.79. The Morgan fingerprint density at radius 3 is 2.78 bits per heavy atom. The first-order chi connectivity index (χ1) is 8.59. The number of hydrogen-bond acceptors (Lipinski definition) is 4. The summed E-state index contributed by atoms with van der Waals surface area (Å²) in [5, 5.41) is 3.25. The van der Waals surface area contributed by atoms with Crippen LogP contribution in [0.25, 0.3) is 0 Å². The number of nitrogens with two attached hydrogens (primary N) is 1. The van der Waals surface area contributed by atoms with Crippen LogP contribution in [0.1, 0.15) is 19.8 Å². The van der Waals surface area contributed by atoms with Crippen LogP contribution < -0.4 is 11.1 Å². The number of nitrogens with one attached hydrogen (secondary N) is 1. The van der Waals surface area contributed by atoms with Crippen molar-refractivity contribution >= 4 is 23.6 Å². The smallest absolute Gasteiger partial charge is 0.240 e. The molecule has 2 aliphatic rings. The maximum absolute atomic E-state index is 12.4. The van der Waals surface area contributed by atoms with Crippen molar-refractivity contribution < 1.29 is 9.59 Å². The molecule has 0 spiro atoms. The van der Waals surface area contributed by atoms with E-state index in [0.29, 0.717) is 6.54 Å². The zero-order chi connectivity index (χ0) is 13.1. The third-order valence-corrected chi connectivity index (χ3v) is 4.85. The van der Waals surface area contributed by atoms with Crippen LogP contribution in [0.5, 0.6) is 0 Å². The van der Waals surface area contributed by atoms with Crippen molar-refractivity contribution in [2.75, 3.05) is 24.6 Å². The monoisotopic (exact) mass is 271 g/mol. The van der Waals surface area contributed by atoms with Gasteiger partial charge < -0.3 is 16.0 Å². The van der Waals surface area contributed by atoms with Crippen LogP contribution in [0, 0.1) is 5.92 Å². The predicted molar refractivity (Wildman–Crippen MR) is 72.2 cm³/mol. The first kappa shape index (κ1) is 13.7. The van der Waals surface area contributed by atoms with E-state index in [2.05, 4.69) is 5.32 Å². The number of thioether (sulfide) groups is 1. The summed E-state index contributed by atoms with van der Waals surface area (Å²) in [7, 11) is 0. The summed E-state index contributed by atoms with van der Waals surface area (Å²) in [5.74, 6) is 1.54. The van der Waals surface area contributed by atoms with Crippen molar-refractivity contribution in [2.24, 2.45) is 11.7 Å². The molecule has 0 bridgehead atoms. The lowest BCUT2D eigenvalue weighted by molar-refractivity contribution is -0.139. The lowest BCUT2D eigenvalue weighted by atomic mass is 9.92. The summed E-state index contributed by atoms with van der Waals surface area (Å²) in [6.07, 6.45) is 1.66. The summed E-state index contributed by atoms with van der Waals surface area (Å²) in [5.41, 5.74) is 5.36. The number of piperidine rings is 1. The van der Waals surface area contributed by atoms with Gasteiger partial charge in [0.1, 0.15) is 0 Å². The highest BCUT2D eigenvalue weighted by molar-refractivity contribution is 7.99. The van der Waals surface area contributed by atoms with Crippen molar-refractivity contribution in [1.82, 2.24) is 10.2 Å². The SMILES string of the molecule is CC1CCC(C(N)=O)CN1C(=O)C1CSCCN1. The van der Waals surface area contributed by atoms with Crippen LogP contribution in [-0.2, 0) is 9.59 Å². The van der Waals surface area contributed by atoms with Gasteiger partial charge in [0.25, 0.3) is 0 Å². The van der Waals surface area contributed by atoms with Gasteiger partial charge in [-0.2, -0.15) is 11.8 Å². The van der Waals surface area contributed by atoms with Gasteiger partial charge in [-0.1, -0.05) is 0 Å². The van der Waals surface area contributed by atoms with Crippen molar-refractivity contribution in [3.05, 3.63) is 0 Å². The summed E-state index contributed by atoms with van der Waals surface area (Å²) in [4.78, 5) is 25.5. The van der Waals surface area contributed by atoms with Crippen LogP contribution in [0.2, 0.25) is 0 Å². The van der Waals surface area contributed by atoms with Gasteiger partial charge in [-0.15, -0.1) is 0 Å². The molecule has 2 fully saturated rings. The minimum absolute atomic E-state index is 0.0992. The minimum Gasteiger partial charge on any atom is -0.369 e. The summed E-state index contributed by atoms with van der Waals surface area (Å²) >= 11 is 1.80. The Hall–Kier alpha value is -0.750. The van der Waals surface area contributed by atoms with E-state index in [9.17, 15) is 9.59 Å². The molecule has 0 aromatic rings. The zero-order valence-corrected chi connectivity index (χ0v) is 11.5. The highest BCUT2D eigenvalue weighted by Gasteiger charge is 2.35. The Morgan fingerprint density at radius 1 is 1.39 bits per heavy atom. The third kappa shape index (κ3) is 2.98. The highest BCUT2D eigenvalue weighted by atomic mass is 32.2. The maximum atomic E-state index is 12.4. The maximum Gasteiger partial charge on any atom is 0.240 e. The topological polar surface area (TPSA) is 75.4 Å². The molecule has 6 heteroatoms. The Bertz CT molecular complexity index is 331. The van der Waals surface area contributed by atoms with Gasteiger partial charge in [0.15, 0.2) is 0 Å². The van der Waals surface area contributed by atoms with Crippen molar-refractivity contribution in [1.29, 1.82) is 0 Å². The van der Waals surface area contributed by atoms with Gasteiger partial charge in [0.05, 0.1) is 12.0 Å². The summed E-state index contributed by atoms with van der Waals surface area (Å²) in [6.45, 7) is 3.41. The quantitative estimate of drug-likeness (QED) is 0.729. The van der Waals surface area contributed by atoms with Gasteiger partial charge in [-0.3, -0.25) is 9.59 Å². The molecule has 2 heterocycles. The van der Waals surface area contributed by atoms with Gasteiger partial charge in [-0.05, 0) is 19.8 Å². The lowest BCUT2D eigenvalue weighted by Crippen LogP contribution is -2.56. The fraction of sp³-hybridized carbons (Fsp3) is 0.833. The molecule has 18 heavy (non-hydrogen) atoms. The predicted octanol–water partition coefficient (Wildman–Crippen LogP) is -0.196. The first-order valence-corrected chi connectivity index (χ1v) is 7.66. The number of amides is 2. The molecule has 2 saturated heterocycles. The van der Waals surface area contributed by atoms with Crippen LogP contribution in [0.15, 0.2) is 0 Å². The van der Waals surface area contributed by atoms with Crippen LogP contribution >= 0.6 is 11.8 Å². The normalized spacial score (nSPS) is 33.2. The molecule has 5 nitrogen and oxygen atoms in total. The van der Waals surface area contributed by atoms with E-state index >= 15 is 0 Å². The molecule has 2 amide bonds. The number of likely N-dealkylation sites (tertiary alicyclic amines) is 1. The largest absolute Gasteiger partial charge is 0.369 e. The molecule has 0 aliphatic carbocycles. The van der Waals surface area contributed by atoms with E-state index in [-0.39, 0.29) is 29.8 Å². The Balaban J connectivity index is 2.00. The molecule has 3 unspecified atom stereocenters. The van der Waals surface area contributed by atoms with E-state index in [1.165, 1.54) is 0 Å². The average molecular weight is 271 g/mol. The van der Waals surface area contributed by atoms with Gasteiger partial charge in [-0.25, -0.2) is 0 Å². The second-order valence-corrected chi connectivity index (χ2v) is 6.25. The number of hydrogen-bond donors (Lipinski definition) is 2. The molecular formula is C12H21N3O2S. The Morgan fingerprint density at radius 2 is 2.17 bits per heavy atom. The Kier molecular flexibility index (Phi) is 4.50. The molecule has 0 saturated carbocycles. The fourth-order valence-corrected chi connectivity index (χ4v) is 3.50. The second kappa shape index (κ2) is 5.93. The molecule has 3 N–H and O–H groups in total. The number of carbonyl (C=O) groups excluding carboxylic acids is 2. The van der Waals surface area contributed by atoms with E-state index in [4.69, 9.17) is 5.73 Å². The van der Waals surface area contributed by atoms with Crippen LogP contribution in [0.4, 0.5) is 0 Å². The number of primary amides is 1. The van der Waals surface area contributed by atoms with Gasteiger partial charge >= 0.3 is 0 Å². The van der Waals surface area contributed by atoms with Crippen LogP contribution in [0.3, 0.4) is 0 Å². The number of rotatable bonds is 2. The molecule has 0 aromatic carbocycles. The zero-order valence-electron chi connectivity index (χ0n) is 10.7. The molecule has 2 aliphatic heterocycles. The van der Waals surface area contributed by atoms with E-state index in [1.54, 1.807) is 11.8 Å². The number of nitrogens with zero attached hydrogens (tertiary/aromatic N) is 1. The number of carbonyl (C=O) groups is 2. The molecule has 3 atom stereocenters. The molecule has 0 aromatic heterocycles. The van der Waals surface area contributed by atoms with E-state index in [0.717, 1.165) is 30.9 Å². The van der Waals surface area contributed by atoms with Crippen molar-refractivity contribution in [2.45, 2.75) is 31.8 Å². The van der Waals surface area contributed by atoms with Gasteiger partial charge in [0, 0.05) is 30.6 Å². The minimum atomic E-state index is -0.286. The first-order valence-electron chi connectivity index (χ1n) is 6.50. The molecule has 102 valence electrons. The fourth-order valence-electron chi connectivity index (χ4n) is 2.57. The van der Waals surface area contributed by atoms with E-state index < -0.39 is 0 Å². The average Bonchev–Trinajstić information content (AvgIpc) is 2.39. The molecule has 0 radical (unpaired) electrons. The standard InChI is InChI=1S/C12H21N3O2S/c1-8-2-3-9(11(13)16)6-15(8)12(17)10-7-18-5-4-14-10/h8-10,14H,2-7H2,1H3,(H2,13,16). The van der Waals surface area contributed by atoms with E-state index in [1.807, 2.05) is 11.8 Å². The Labute approximate surface area is 112 Å². The van der Waals surface area contributed by atoms with Crippen molar-refractivity contribution in [3.8, 4) is 0 Å². The van der Waals surface area contributed by atoms with Crippen molar-refractivity contribution in [3.63, 3.8) is 0 Å². The molecular weight excluding hydrogens is 250 g/mol. The summed E-state index contributed by atoms with van der Waals surface area (Å²) < 4.78 is 0.